The van der Waals surface area contributed by atoms with E-state index in [9.17, 15) is 13.2 Å². The topological polar surface area (TPSA) is 84.9 Å². The minimum Gasteiger partial charge on any atom is -0.454 e. The molecule has 3 rings (SSSR count). The first kappa shape index (κ1) is 18.0. The van der Waals surface area contributed by atoms with Crippen molar-refractivity contribution in [3.05, 3.63) is 61.2 Å². The third-order valence-electron chi connectivity index (χ3n) is 3.69. The van der Waals surface area contributed by atoms with Gasteiger partial charge in [-0.2, -0.15) is 4.31 Å². The van der Waals surface area contributed by atoms with E-state index in [1.807, 2.05) is 0 Å². The maximum Gasteiger partial charge on any atom is 0.243 e. The van der Waals surface area contributed by atoms with E-state index in [1.165, 1.54) is 18.2 Å². The monoisotopic (exact) mass is 374 g/mol. The molecule has 26 heavy (non-hydrogen) atoms. The van der Waals surface area contributed by atoms with E-state index in [4.69, 9.17) is 9.47 Å². The Bertz CT molecular complexity index is 912. The van der Waals surface area contributed by atoms with E-state index >= 15 is 0 Å². The van der Waals surface area contributed by atoms with Crippen molar-refractivity contribution in [2.75, 3.05) is 25.2 Å². The Hall–Kier alpha value is -2.84. The van der Waals surface area contributed by atoms with Gasteiger partial charge in [-0.3, -0.25) is 4.79 Å². The van der Waals surface area contributed by atoms with Gasteiger partial charge in [-0.15, -0.1) is 6.58 Å². The second-order valence-corrected chi connectivity index (χ2v) is 7.45. The molecule has 1 amide bonds. The van der Waals surface area contributed by atoms with Crippen molar-refractivity contribution >= 4 is 21.6 Å². The third kappa shape index (κ3) is 3.87. The Morgan fingerprint density at radius 1 is 1.15 bits per heavy atom. The first-order chi connectivity index (χ1) is 12.5. The van der Waals surface area contributed by atoms with Gasteiger partial charge in [0, 0.05) is 18.3 Å². The van der Waals surface area contributed by atoms with E-state index in [0.717, 1.165) is 4.31 Å². The fourth-order valence-corrected chi connectivity index (χ4v) is 3.86. The summed E-state index contributed by atoms with van der Waals surface area (Å²) in [5.74, 6) is 0.663. The summed E-state index contributed by atoms with van der Waals surface area (Å²) in [6, 6.07) is 12.9. The molecule has 2 aromatic rings. The van der Waals surface area contributed by atoms with Crippen LogP contribution in [0.2, 0.25) is 0 Å². The largest absolute Gasteiger partial charge is 0.454 e. The predicted molar refractivity (Wildman–Crippen MR) is 96.6 cm³/mol. The second-order valence-electron chi connectivity index (χ2n) is 5.52. The molecular formula is C18H18N2O5S. The van der Waals surface area contributed by atoms with E-state index < -0.39 is 15.9 Å². The van der Waals surface area contributed by atoms with Gasteiger partial charge >= 0.3 is 0 Å². The molecule has 0 bridgehead atoms. The van der Waals surface area contributed by atoms with Crippen LogP contribution in [0, 0.1) is 0 Å². The maximum absolute atomic E-state index is 12.7. The van der Waals surface area contributed by atoms with Gasteiger partial charge in [-0.25, -0.2) is 8.42 Å². The molecule has 136 valence electrons. The molecule has 0 saturated carbocycles. The molecule has 1 N–H and O–H groups in total. The van der Waals surface area contributed by atoms with Gasteiger partial charge in [0.15, 0.2) is 11.5 Å². The zero-order valence-corrected chi connectivity index (χ0v) is 14.7. The minimum atomic E-state index is -3.80. The molecule has 0 radical (unpaired) electrons. The van der Waals surface area contributed by atoms with Gasteiger partial charge in [0.05, 0.1) is 11.4 Å². The van der Waals surface area contributed by atoms with Crippen LogP contribution >= 0.6 is 0 Å². The minimum absolute atomic E-state index is 0.0196. The van der Waals surface area contributed by atoms with Crippen LogP contribution < -0.4 is 14.8 Å². The van der Waals surface area contributed by atoms with Crippen molar-refractivity contribution in [2.45, 2.75) is 4.90 Å². The number of nitrogens with one attached hydrogen (secondary N) is 1. The number of fused-ring (bicyclic) bond motifs is 1. The van der Waals surface area contributed by atoms with E-state index in [1.54, 1.807) is 36.4 Å². The maximum atomic E-state index is 12.7. The van der Waals surface area contributed by atoms with Crippen LogP contribution in [0.4, 0.5) is 5.69 Å². The number of amides is 1. The lowest BCUT2D eigenvalue weighted by Gasteiger charge is -2.20. The van der Waals surface area contributed by atoms with Gasteiger partial charge in [0.2, 0.25) is 22.7 Å². The summed E-state index contributed by atoms with van der Waals surface area (Å²) in [7, 11) is -3.80. The summed E-state index contributed by atoms with van der Waals surface area (Å²) in [5, 5.41) is 2.67. The van der Waals surface area contributed by atoms with Crippen LogP contribution in [0.5, 0.6) is 11.5 Å². The average molecular weight is 374 g/mol. The number of anilines is 1. The van der Waals surface area contributed by atoms with Gasteiger partial charge in [0.25, 0.3) is 0 Å². The Morgan fingerprint density at radius 3 is 2.62 bits per heavy atom. The molecule has 7 nitrogen and oxygen atoms in total. The highest BCUT2D eigenvalue weighted by Crippen LogP contribution is 2.34. The van der Waals surface area contributed by atoms with Crippen LogP contribution in [-0.4, -0.2) is 38.5 Å². The van der Waals surface area contributed by atoms with Crippen molar-refractivity contribution < 1.29 is 22.7 Å². The second kappa shape index (κ2) is 7.59. The SMILES string of the molecule is C=CCN(CC(=O)Nc1ccc2c(c1)OCO2)S(=O)(=O)c1ccccc1. The van der Waals surface area contributed by atoms with Gasteiger partial charge in [0.1, 0.15) is 0 Å². The quantitative estimate of drug-likeness (QED) is 0.751. The summed E-state index contributed by atoms with van der Waals surface area (Å²) in [4.78, 5) is 12.5. The van der Waals surface area contributed by atoms with Gasteiger partial charge in [-0.1, -0.05) is 24.3 Å². The Morgan fingerprint density at radius 2 is 1.88 bits per heavy atom. The summed E-state index contributed by atoms with van der Waals surface area (Å²) < 4.78 is 37.0. The zero-order chi connectivity index (χ0) is 18.6. The first-order valence-electron chi connectivity index (χ1n) is 7.86. The highest BCUT2D eigenvalue weighted by atomic mass is 32.2. The van der Waals surface area contributed by atoms with Crippen LogP contribution in [0.25, 0.3) is 0 Å². The normalized spacial score (nSPS) is 12.8. The molecule has 0 aliphatic carbocycles. The molecule has 2 aromatic carbocycles. The van der Waals surface area contributed by atoms with E-state index in [2.05, 4.69) is 11.9 Å². The van der Waals surface area contributed by atoms with Crippen LogP contribution in [-0.2, 0) is 14.8 Å². The molecule has 0 saturated heterocycles. The summed E-state index contributed by atoms with van der Waals surface area (Å²) in [5.41, 5.74) is 0.495. The lowest BCUT2D eigenvalue weighted by molar-refractivity contribution is -0.116. The summed E-state index contributed by atoms with van der Waals surface area (Å²) in [6.07, 6.45) is 1.44. The number of hydrogen-bond acceptors (Lipinski definition) is 5. The highest BCUT2D eigenvalue weighted by molar-refractivity contribution is 7.89. The number of carbonyl (C=O) groups excluding carboxylic acids is 1. The molecule has 1 aliphatic heterocycles. The van der Waals surface area contributed by atoms with Gasteiger partial charge < -0.3 is 14.8 Å². The Labute approximate surface area is 151 Å². The first-order valence-corrected chi connectivity index (χ1v) is 9.30. The lowest BCUT2D eigenvalue weighted by Crippen LogP contribution is -2.38. The van der Waals surface area contributed by atoms with Crippen LogP contribution in [0.1, 0.15) is 0 Å². The molecule has 0 atom stereocenters. The summed E-state index contributed by atoms with van der Waals surface area (Å²) in [6.45, 7) is 3.39. The number of sulfonamides is 1. The number of carbonyl (C=O) groups is 1. The number of ether oxygens (including phenoxy) is 2. The molecule has 1 aliphatic rings. The van der Waals surface area contributed by atoms with Crippen LogP contribution in [0.15, 0.2) is 66.1 Å². The van der Waals surface area contributed by atoms with Crippen molar-refractivity contribution in [1.29, 1.82) is 0 Å². The van der Waals surface area contributed by atoms with Gasteiger partial charge in [-0.05, 0) is 24.3 Å². The molecule has 0 unspecified atom stereocenters. The molecule has 1 heterocycles. The predicted octanol–water partition coefficient (Wildman–Crippen LogP) is 2.23. The lowest BCUT2D eigenvalue weighted by atomic mass is 10.3. The third-order valence-corrected chi connectivity index (χ3v) is 5.52. The average Bonchev–Trinajstić information content (AvgIpc) is 3.10. The van der Waals surface area contributed by atoms with Crippen molar-refractivity contribution in [3.8, 4) is 11.5 Å². The molecule has 8 heteroatoms. The molecule has 0 fully saturated rings. The number of benzene rings is 2. The number of hydrogen-bond donors (Lipinski definition) is 1. The fourth-order valence-electron chi connectivity index (χ4n) is 2.47. The molecule has 0 aromatic heterocycles. The van der Waals surface area contributed by atoms with E-state index in [-0.39, 0.29) is 24.8 Å². The summed E-state index contributed by atoms with van der Waals surface area (Å²) >= 11 is 0. The van der Waals surface area contributed by atoms with Crippen molar-refractivity contribution in [2.24, 2.45) is 0 Å². The van der Waals surface area contributed by atoms with E-state index in [0.29, 0.717) is 17.2 Å². The Balaban J connectivity index is 1.73. The molecule has 0 spiro atoms. The standard InChI is InChI=1S/C18H18N2O5S/c1-2-10-20(26(22,23)15-6-4-3-5-7-15)12-18(21)19-14-8-9-16-17(11-14)25-13-24-16/h2-9,11H,1,10,12-13H2,(H,19,21). The molecular weight excluding hydrogens is 356 g/mol. The number of rotatable bonds is 7. The number of nitrogens with zero attached hydrogens (tertiary/aromatic N) is 1. The van der Waals surface area contributed by atoms with Crippen LogP contribution in [0.3, 0.4) is 0 Å². The Kier molecular flexibility index (Phi) is 5.24. The van der Waals surface area contributed by atoms with Crippen molar-refractivity contribution in [3.63, 3.8) is 0 Å². The van der Waals surface area contributed by atoms with Crippen molar-refractivity contribution in [1.82, 2.24) is 4.31 Å². The zero-order valence-electron chi connectivity index (χ0n) is 13.9. The smallest absolute Gasteiger partial charge is 0.243 e. The fraction of sp³-hybridized carbons (Fsp3) is 0.167. The highest BCUT2D eigenvalue weighted by Gasteiger charge is 2.25.